The second kappa shape index (κ2) is 11.1. The van der Waals surface area contributed by atoms with Crippen LogP contribution in [-0.2, 0) is 16.0 Å². The number of nitrogens with zero attached hydrogens (tertiary/aromatic N) is 1. The van der Waals surface area contributed by atoms with Crippen molar-refractivity contribution in [1.82, 2.24) is 10.5 Å². The highest BCUT2D eigenvalue weighted by Crippen LogP contribution is 2.27. The van der Waals surface area contributed by atoms with Crippen LogP contribution in [0.15, 0.2) is 40.9 Å². The Morgan fingerprint density at radius 1 is 1.16 bits per heavy atom. The zero-order valence-electron chi connectivity index (χ0n) is 19.1. The number of hydrogen-bond acceptors (Lipinski definition) is 5. The highest BCUT2D eigenvalue weighted by molar-refractivity contribution is 5.97. The Labute approximate surface area is 184 Å². The van der Waals surface area contributed by atoms with E-state index in [1.54, 1.807) is 36.4 Å². The molecule has 1 aromatic heterocycles. The SMILES string of the molecule is CCCC(NC(=O)C(O)c1ccccc1)C(=O)Nc1cc(CC(C)CC(C)(C)C)on1. The smallest absolute Gasteiger partial charge is 0.254 e. The highest BCUT2D eigenvalue weighted by atomic mass is 16.5. The first-order chi connectivity index (χ1) is 14.6. The van der Waals surface area contributed by atoms with E-state index >= 15 is 0 Å². The summed E-state index contributed by atoms with van der Waals surface area (Å²) in [5, 5.41) is 19.6. The minimum absolute atomic E-state index is 0.229. The molecule has 1 aromatic carbocycles. The van der Waals surface area contributed by atoms with Crippen molar-refractivity contribution in [1.29, 1.82) is 0 Å². The number of aliphatic hydroxyl groups excluding tert-OH is 1. The van der Waals surface area contributed by atoms with Crippen molar-refractivity contribution in [2.24, 2.45) is 11.3 Å². The summed E-state index contributed by atoms with van der Waals surface area (Å²) < 4.78 is 5.38. The lowest BCUT2D eigenvalue weighted by Gasteiger charge is -2.22. The van der Waals surface area contributed by atoms with Gasteiger partial charge in [0, 0.05) is 12.5 Å². The molecule has 2 rings (SSSR count). The van der Waals surface area contributed by atoms with Crippen LogP contribution in [0.25, 0.3) is 0 Å². The van der Waals surface area contributed by atoms with E-state index in [-0.39, 0.29) is 5.41 Å². The predicted octanol–water partition coefficient (Wildman–Crippen LogP) is 4.25. The minimum atomic E-state index is -1.34. The third kappa shape index (κ3) is 8.17. The molecule has 0 aliphatic rings. The molecule has 3 unspecified atom stereocenters. The van der Waals surface area contributed by atoms with Crippen LogP contribution in [0.5, 0.6) is 0 Å². The monoisotopic (exact) mass is 429 g/mol. The van der Waals surface area contributed by atoms with Gasteiger partial charge >= 0.3 is 0 Å². The molecule has 0 spiro atoms. The predicted molar refractivity (Wildman–Crippen MR) is 120 cm³/mol. The first-order valence-corrected chi connectivity index (χ1v) is 10.9. The van der Waals surface area contributed by atoms with Crippen molar-refractivity contribution in [3.63, 3.8) is 0 Å². The summed E-state index contributed by atoms with van der Waals surface area (Å²) in [5.74, 6) is 0.447. The first-order valence-electron chi connectivity index (χ1n) is 10.9. The normalized spacial score (nSPS) is 14.5. The summed E-state index contributed by atoms with van der Waals surface area (Å²) in [6.45, 7) is 10.7. The van der Waals surface area contributed by atoms with Crippen molar-refractivity contribution >= 4 is 17.6 Å². The molecular weight excluding hydrogens is 394 g/mol. The van der Waals surface area contributed by atoms with Gasteiger partial charge in [0.25, 0.3) is 5.91 Å². The van der Waals surface area contributed by atoms with Crippen LogP contribution in [0.1, 0.15) is 71.3 Å². The van der Waals surface area contributed by atoms with Crippen LogP contribution < -0.4 is 10.6 Å². The van der Waals surface area contributed by atoms with Crippen LogP contribution in [0.4, 0.5) is 5.82 Å². The number of nitrogens with one attached hydrogen (secondary N) is 2. The van der Waals surface area contributed by atoms with Crippen LogP contribution in [0, 0.1) is 11.3 Å². The molecule has 2 amide bonds. The average Bonchev–Trinajstić information content (AvgIpc) is 3.12. The molecule has 3 N–H and O–H groups in total. The molecule has 7 heteroatoms. The Morgan fingerprint density at radius 3 is 2.45 bits per heavy atom. The van der Waals surface area contributed by atoms with E-state index in [9.17, 15) is 14.7 Å². The fraction of sp³-hybridized carbons (Fsp3) is 0.542. The molecule has 7 nitrogen and oxygen atoms in total. The summed E-state index contributed by atoms with van der Waals surface area (Å²) in [7, 11) is 0. The summed E-state index contributed by atoms with van der Waals surface area (Å²) in [6.07, 6.45) is 1.57. The molecule has 0 fully saturated rings. The van der Waals surface area contributed by atoms with E-state index in [4.69, 9.17) is 4.52 Å². The van der Waals surface area contributed by atoms with E-state index < -0.39 is 24.0 Å². The number of rotatable bonds is 10. The Bertz CT molecular complexity index is 842. The van der Waals surface area contributed by atoms with Gasteiger partial charge < -0.3 is 20.3 Å². The molecule has 1 heterocycles. The Morgan fingerprint density at radius 2 is 1.84 bits per heavy atom. The first kappa shape index (κ1) is 24.6. The number of amides is 2. The van der Waals surface area contributed by atoms with Crippen LogP contribution in [-0.4, -0.2) is 28.1 Å². The summed E-state index contributed by atoms with van der Waals surface area (Å²) >= 11 is 0. The standard InChI is InChI=1S/C24H35N3O4/c1-6-10-19(25-23(30)21(28)17-11-8-7-9-12-17)22(29)26-20-14-18(31-27-20)13-16(2)15-24(3,4)5/h7-9,11-12,14,16,19,21,28H,6,10,13,15H2,1-5H3,(H,25,30)(H,26,27,29). The van der Waals surface area contributed by atoms with Gasteiger partial charge in [-0.25, -0.2) is 0 Å². The molecule has 0 aliphatic heterocycles. The molecule has 0 saturated carbocycles. The van der Waals surface area contributed by atoms with E-state index in [1.165, 1.54) is 0 Å². The highest BCUT2D eigenvalue weighted by Gasteiger charge is 2.25. The summed E-state index contributed by atoms with van der Waals surface area (Å²) in [6, 6.07) is 9.56. The van der Waals surface area contributed by atoms with E-state index in [1.807, 2.05) is 6.92 Å². The molecule has 31 heavy (non-hydrogen) atoms. The number of carbonyl (C=O) groups excluding carboxylic acids is 2. The molecule has 0 radical (unpaired) electrons. The number of aliphatic hydroxyl groups is 1. The zero-order chi connectivity index (χ0) is 23.0. The lowest BCUT2D eigenvalue weighted by molar-refractivity contribution is -0.133. The molecule has 0 saturated heterocycles. The number of aromatic nitrogens is 1. The van der Waals surface area contributed by atoms with Crippen LogP contribution in [0.2, 0.25) is 0 Å². The van der Waals surface area contributed by atoms with E-state index in [2.05, 4.69) is 43.5 Å². The maximum absolute atomic E-state index is 12.7. The molecule has 0 aliphatic carbocycles. The molecule has 3 atom stereocenters. The molecule has 170 valence electrons. The van der Waals surface area contributed by atoms with Gasteiger partial charge in [0.1, 0.15) is 11.8 Å². The van der Waals surface area contributed by atoms with Gasteiger partial charge in [0.15, 0.2) is 11.9 Å². The number of hydrogen-bond donors (Lipinski definition) is 3. The summed E-state index contributed by atoms with van der Waals surface area (Å²) in [5.41, 5.74) is 0.702. The largest absolute Gasteiger partial charge is 0.378 e. The second-order valence-electron chi connectivity index (χ2n) is 9.40. The van der Waals surface area contributed by atoms with Crippen molar-refractivity contribution in [3.8, 4) is 0 Å². The molecular formula is C24H35N3O4. The second-order valence-corrected chi connectivity index (χ2v) is 9.40. The third-order valence-corrected chi connectivity index (χ3v) is 4.89. The van der Waals surface area contributed by atoms with Gasteiger partial charge in [-0.15, -0.1) is 0 Å². The van der Waals surface area contributed by atoms with Crippen molar-refractivity contribution < 1.29 is 19.2 Å². The number of anilines is 1. The van der Waals surface area contributed by atoms with Gasteiger partial charge in [-0.05, 0) is 29.7 Å². The quantitative estimate of drug-likeness (QED) is 0.524. The summed E-state index contributed by atoms with van der Waals surface area (Å²) in [4.78, 5) is 25.2. The van der Waals surface area contributed by atoms with E-state index in [0.717, 1.165) is 12.8 Å². The maximum Gasteiger partial charge on any atom is 0.254 e. The number of benzene rings is 1. The van der Waals surface area contributed by atoms with Gasteiger partial charge in [-0.2, -0.15) is 0 Å². The molecule has 0 bridgehead atoms. The zero-order valence-corrected chi connectivity index (χ0v) is 19.1. The van der Waals surface area contributed by atoms with Crippen LogP contribution >= 0.6 is 0 Å². The third-order valence-electron chi connectivity index (χ3n) is 4.89. The van der Waals surface area contributed by atoms with Gasteiger partial charge in [-0.3, -0.25) is 9.59 Å². The fourth-order valence-electron chi connectivity index (χ4n) is 3.74. The lowest BCUT2D eigenvalue weighted by atomic mass is 9.84. The Hall–Kier alpha value is -2.67. The Balaban J connectivity index is 1.96. The van der Waals surface area contributed by atoms with Crippen LogP contribution in [0.3, 0.4) is 0 Å². The molecule has 2 aromatic rings. The van der Waals surface area contributed by atoms with Gasteiger partial charge in [0.05, 0.1) is 0 Å². The lowest BCUT2D eigenvalue weighted by Crippen LogP contribution is -2.45. The van der Waals surface area contributed by atoms with E-state index in [0.29, 0.717) is 35.9 Å². The van der Waals surface area contributed by atoms with Crippen molar-refractivity contribution in [2.45, 2.75) is 72.4 Å². The van der Waals surface area contributed by atoms with Crippen molar-refractivity contribution in [2.75, 3.05) is 5.32 Å². The topological polar surface area (TPSA) is 104 Å². The average molecular weight is 430 g/mol. The number of carbonyl (C=O) groups is 2. The van der Waals surface area contributed by atoms with Gasteiger partial charge in [-0.1, -0.05) is 76.5 Å². The maximum atomic E-state index is 12.7. The van der Waals surface area contributed by atoms with Crippen molar-refractivity contribution in [3.05, 3.63) is 47.7 Å². The minimum Gasteiger partial charge on any atom is -0.378 e. The van der Waals surface area contributed by atoms with Gasteiger partial charge in [0.2, 0.25) is 5.91 Å². The fourth-order valence-corrected chi connectivity index (χ4v) is 3.74. The Kier molecular flexibility index (Phi) is 8.80.